The van der Waals surface area contributed by atoms with Crippen LogP contribution < -0.4 is 0 Å². The van der Waals surface area contributed by atoms with Crippen molar-refractivity contribution in [2.45, 2.75) is 204 Å². The number of rotatable bonds is 8. The van der Waals surface area contributed by atoms with Gasteiger partial charge >= 0.3 is 5.97 Å². The second-order valence-corrected chi connectivity index (χ2v) is 19.5. The molecule has 1 unspecified atom stereocenters. The Kier molecular flexibility index (Phi) is 15.5. The Labute approximate surface area is 373 Å². The fraction of sp³-hybridized carbons (Fsp3) is 0.812. The molecule has 0 aromatic carbocycles. The average Bonchev–Trinajstić information content (AvgIpc) is 3.59. The SMILES string of the molecule is CC[C@H](C)[C@H]1O[C@]2(CC(O)[C@@H]1C)C[C@@H]1C[C@@H](C/C=C(\C)[C@@H](O[C@H]3C[C@H](OC)[C@@H](O[C@H]4C[C@H](OC)[C@@H](O)[C@H](C)O4)[C@H](C)O3)[C@@H](C)/C=C/C=C3\CO[C@@H]4[C@H](O)C(C)=C[C@@H](C(=O)O1)[C@]34O)O2. The predicted octanol–water partition coefficient (Wildman–Crippen LogP) is 4.57. The molecule has 356 valence electrons. The fourth-order valence-electron chi connectivity index (χ4n) is 11.0. The van der Waals surface area contributed by atoms with E-state index in [4.69, 9.17) is 47.4 Å². The van der Waals surface area contributed by atoms with Crippen molar-refractivity contribution >= 4 is 5.97 Å². The van der Waals surface area contributed by atoms with E-state index in [0.29, 0.717) is 36.8 Å². The molecule has 0 amide bonds. The van der Waals surface area contributed by atoms with Crippen molar-refractivity contribution < 1.29 is 72.6 Å². The van der Waals surface area contributed by atoms with Gasteiger partial charge in [0.1, 0.15) is 42.0 Å². The molecule has 1 spiro atoms. The topological polar surface area (TPSA) is 190 Å². The largest absolute Gasteiger partial charge is 0.462 e. The first kappa shape index (κ1) is 48.8. The summed E-state index contributed by atoms with van der Waals surface area (Å²) < 4.78 is 63.6. The summed E-state index contributed by atoms with van der Waals surface area (Å²) in [6.07, 6.45) is 3.00. The van der Waals surface area contributed by atoms with Gasteiger partial charge in [-0.25, -0.2) is 0 Å². The van der Waals surface area contributed by atoms with E-state index < -0.39 is 109 Å². The van der Waals surface area contributed by atoms with Gasteiger partial charge < -0.3 is 67.8 Å². The number of fused-ring (bicyclic) bond motifs is 2. The zero-order valence-corrected chi connectivity index (χ0v) is 38.8. The van der Waals surface area contributed by atoms with Crippen LogP contribution in [0.2, 0.25) is 0 Å². The number of hydrogen-bond donors (Lipinski definition) is 4. The Balaban J connectivity index is 1.19. The number of aliphatic hydroxyl groups excluding tert-OH is 3. The molecule has 0 aromatic rings. The quantitative estimate of drug-likeness (QED) is 0.196. The highest BCUT2D eigenvalue weighted by Crippen LogP contribution is 2.48. The van der Waals surface area contributed by atoms with Crippen LogP contribution in [0.4, 0.5) is 0 Å². The van der Waals surface area contributed by atoms with Gasteiger partial charge in [-0.2, -0.15) is 0 Å². The van der Waals surface area contributed by atoms with Crippen LogP contribution in [0.25, 0.3) is 0 Å². The van der Waals surface area contributed by atoms with Crippen molar-refractivity contribution in [3.63, 3.8) is 0 Å². The minimum absolute atomic E-state index is 0.0109. The number of carbonyl (C=O) groups excluding carboxylic acids is 1. The standard InChI is InChI=1S/C48H74O15/c1-11-24(2)43-28(6)35(49)22-47(63-43)21-33-18-32(62-47)16-15-26(4)42(25(3)13-12-14-31-23-56-45-40(50)27(5)17-34(46(52)59-33)48(31,45)53)60-39-20-37(55-10)44(30(8)58-39)61-38-19-36(54-9)41(51)29(7)57-38/h12-15,17,24-25,28-30,32-45,49-51,53H,11,16,18-23H2,1-10H3/b13-12+,26-15+,31-14+/t24-,25-,28-,29-,30-,32+,33-,34-,35?,36-,37-,38-,39-,40+,41-,42-,43+,44-,45+,47-,48+/m0/s1. The van der Waals surface area contributed by atoms with Crippen LogP contribution in [-0.4, -0.2) is 151 Å². The van der Waals surface area contributed by atoms with Crippen LogP contribution in [0, 0.1) is 23.7 Å². The van der Waals surface area contributed by atoms with Gasteiger partial charge in [0.15, 0.2) is 18.4 Å². The summed E-state index contributed by atoms with van der Waals surface area (Å²) in [6.45, 7) is 15.7. The molecule has 4 N–H and O–H groups in total. The minimum Gasteiger partial charge on any atom is -0.462 e. The molecule has 6 heterocycles. The van der Waals surface area contributed by atoms with E-state index in [1.54, 1.807) is 40.2 Å². The molecule has 5 fully saturated rings. The predicted molar refractivity (Wildman–Crippen MR) is 229 cm³/mol. The van der Waals surface area contributed by atoms with E-state index in [0.717, 1.165) is 12.0 Å². The first-order chi connectivity index (χ1) is 29.9. The summed E-state index contributed by atoms with van der Waals surface area (Å²) in [5.41, 5.74) is 0.0234. The number of hydrogen-bond acceptors (Lipinski definition) is 15. The molecule has 7 aliphatic rings. The molecule has 21 atom stereocenters. The Morgan fingerprint density at radius 2 is 1.59 bits per heavy atom. The number of ether oxygens (including phenoxy) is 10. The maximum atomic E-state index is 14.4. The van der Waals surface area contributed by atoms with Crippen molar-refractivity contribution in [3.8, 4) is 0 Å². The van der Waals surface area contributed by atoms with Crippen LogP contribution in [0.5, 0.6) is 0 Å². The van der Waals surface area contributed by atoms with Gasteiger partial charge in [-0.3, -0.25) is 4.79 Å². The highest BCUT2D eigenvalue weighted by Gasteiger charge is 2.60. The minimum atomic E-state index is -1.87. The smallest absolute Gasteiger partial charge is 0.316 e. The molecule has 15 heteroatoms. The maximum Gasteiger partial charge on any atom is 0.316 e. The van der Waals surface area contributed by atoms with Gasteiger partial charge in [-0.1, -0.05) is 64.5 Å². The lowest BCUT2D eigenvalue weighted by molar-refractivity contribution is -0.354. The van der Waals surface area contributed by atoms with Gasteiger partial charge in [-0.05, 0) is 56.8 Å². The van der Waals surface area contributed by atoms with Crippen LogP contribution in [0.15, 0.2) is 47.1 Å². The van der Waals surface area contributed by atoms with Crippen molar-refractivity contribution in [1.82, 2.24) is 0 Å². The van der Waals surface area contributed by atoms with Crippen molar-refractivity contribution in [3.05, 3.63) is 47.1 Å². The van der Waals surface area contributed by atoms with E-state index >= 15 is 0 Å². The van der Waals surface area contributed by atoms with Gasteiger partial charge in [0.2, 0.25) is 0 Å². The van der Waals surface area contributed by atoms with Gasteiger partial charge in [-0.15, -0.1) is 0 Å². The number of methoxy groups -OCH3 is 2. The number of allylic oxidation sites excluding steroid dienone is 2. The number of carbonyl (C=O) groups is 1. The molecule has 7 rings (SSSR count). The van der Waals surface area contributed by atoms with Crippen molar-refractivity contribution in [2.24, 2.45) is 23.7 Å². The molecule has 2 bridgehead atoms. The summed E-state index contributed by atoms with van der Waals surface area (Å²) in [5.74, 6) is -3.19. The first-order valence-electron chi connectivity index (χ1n) is 23.3. The Bertz CT molecular complexity index is 1710. The zero-order valence-electron chi connectivity index (χ0n) is 38.8. The van der Waals surface area contributed by atoms with Gasteiger partial charge in [0.05, 0.1) is 55.4 Å². The first-order valence-corrected chi connectivity index (χ1v) is 23.3. The second kappa shape index (κ2) is 20.0. The van der Waals surface area contributed by atoms with Crippen LogP contribution in [0.3, 0.4) is 0 Å². The third kappa shape index (κ3) is 9.98. The summed E-state index contributed by atoms with van der Waals surface area (Å²) in [7, 11) is 3.20. The average molecular weight is 891 g/mol. The van der Waals surface area contributed by atoms with Crippen LogP contribution in [0.1, 0.15) is 100 Å². The fourth-order valence-corrected chi connectivity index (χ4v) is 11.0. The Morgan fingerprint density at radius 1 is 0.889 bits per heavy atom. The van der Waals surface area contributed by atoms with Crippen molar-refractivity contribution in [2.75, 3.05) is 20.8 Å². The van der Waals surface area contributed by atoms with E-state index in [2.05, 4.69) is 19.9 Å². The van der Waals surface area contributed by atoms with Gasteiger partial charge in [0, 0.05) is 58.2 Å². The van der Waals surface area contributed by atoms with Gasteiger partial charge in [0.25, 0.3) is 0 Å². The second-order valence-electron chi connectivity index (χ2n) is 19.5. The Hall–Kier alpha value is -2.09. The highest BCUT2D eigenvalue weighted by molar-refractivity contribution is 5.78. The molecule has 0 radical (unpaired) electrons. The Morgan fingerprint density at radius 3 is 2.30 bits per heavy atom. The van der Waals surface area contributed by atoms with Crippen LogP contribution in [-0.2, 0) is 52.2 Å². The molecule has 5 saturated heterocycles. The molecule has 15 nitrogen and oxygen atoms in total. The monoisotopic (exact) mass is 891 g/mol. The third-order valence-corrected chi connectivity index (χ3v) is 15.0. The van der Waals surface area contributed by atoms with Crippen molar-refractivity contribution in [1.29, 1.82) is 0 Å². The zero-order chi connectivity index (χ0) is 45.5. The lowest BCUT2D eigenvalue weighted by Crippen LogP contribution is -2.60. The molecule has 0 aromatic heterocycles. The summed E-state index contributed by atoms with van der Waals surface area (Å²) in [4.78, 5) is 14.4. The van der Waals surface area contributed by atoms with E-state index in [1.807, 2.05) is 39.8 Å². The summed E-state index contributed by atoms with van der Waals surface area (Å²) in [6, 6.07) is 0. The van der Waals surface area contributed by atoms with Crippen LogP contribution >= 0.6 is 0 Å². The lowest BCUT2D eigenvalue weighted by Gasteiger charge is -2.52. The van der Waals surface area contributed by atoms with E-state index in [1.165, 1.54) is 0 Å². The molecule has 1 aliphatic carbocycles. The summed E-state index contributed by atoms with van der Waals surface area (Å²) in [5, 5.41) is 45.7. The lowest BCUT2D eigenvalue weighted by atomic mass is 9.71. The number of esters is 1. The van der Waals surface area contributed by atoms with E-state index in [9.17, 15) is 25.2 Å². The molecule has 6 aliphatic heterocycles. The molecule has 0 saturated carbocycles. The maximum absolute atomic E-state index is 14.4. The molecule has 63 heavy (non-hydrogen) atoms. The number of aliphatic hydroxyl groups is 4. The molecular weight excluding hydrogens is 817 g/mol. The highest BCUT2D eigenvalue weighted by atomic mass is 16.7. The molecular formula is C48H74O15. The van der Waals surface area contributed by atoms with E-state index in [-0.39, 0.29) is 43.3 Å². The summed E-state index contributed by atoms with van der Waals surface area (Å²) >= 11 is 0. The third-order valence-electron chi connectivity index (χ3n) is 15.0. The normalized spacial score (nSPS) is 50.0.